The number of hydrogen-bond donors (Lipinski definition) is 1. The van der Waals surface area contributed by atoms with Crippen LogP contribution in [0.5, 0.6) is 0 Å². The molecule has 1 heterocycles. The van der Waals surface area contributed by atoms with Crippen LogP contribution in [-0.4, -0.2) is 17.3 Å². The van der Waals surface area contributed by atoms with E-state index < -0.39 is 0 Å². The van der Waals surface area contributed by atoms with E-state index in [0.29, 0.717) is 5.75 Å². The predicted octanol–water partition coefficient (Wildman–Crippen LogP) is 4.39. The summed E-state index contributed by atoms with van der Waals surface area (Å²) in [7, 11) is 0. The van der Waals surface area contributed by atoms with Crippen LogP contribution in [0, 0.1) is 0 Å². The summed E-state index contributed by atoms with van der Waals surface area (Å²) in [5, 5.41) is 4.10. The number of thioether (sulfide) groups is 2. The van der Waals surface area contributed by atoms with Crippen molar-refractivity contribution < 1.29 is 4.79 Å². The van der Waals surface area contributed by atoms with Crippen molar-refractivity contribution in [3.05, 3.63) is 35.4 Å². The molecule has 0 saturated heterocycles. The van der Waals surface area contributed by atoms with Gasteiger partial charge in [-0.1, -0.05) is 31.7 Å². The third kappa shape index (κ3) is 3.33. The summed E-state index contributed by atoms with van der Waals surface area (Å²) in [6.07, 6.45) is 2.37. The van der Waals surface area contributed by atoms with Crippen molar-refractivity contribution in [2.75, 3.05) is 16.8 Å². The van der Waals surface area contributed by atoms with Crippen LogP contribution in [0.2, 0.25) is 0 Å². The van der Waals surface area contributed by atoms with Crippen molar-refractivity contribution in [2.45, 2.75) is 24.7 Å². The molecule has 0 atom stereocenters. The summed E-state index contributed by atoms with van der Waals surface area (Å²) < 4.78 is 0. The van der Waals surface area contributed by atoms with E-state index in [9.17, 15) is 4.79 Å². The van der Waals surface area contributed by atoms with Crippen molar-refractivity contribution in [3.8, 4) is 0 Å². The van der Waals surface area contributed by atoms with E-state index in [1.165, 1.54) is 12.8 Å². The first kappa shape index (κ1) is 13.6. The smallest absolute Gasteiger partial charge is 0.172 e. The Morgan fingerprint density at radius 2 is 2.33 bits per heavy atom. The molecule has 1 aliphatic rings. The highest BCUT2D eigenvalue weighted by atomic mass is 32.2. The van der Waals surface area contributed by atoms with Gasteiger partial charge in [-0.15, -0.1) is 0 Å². The van der Waals surface area contributed by atoms with Crippen molar-refractivity contribution in [1.29, 1.82) is 0 Å². The molecular weight excluding hydrogens is 262 g/mol. The second-order valence-electron chi connectivity index (χ2n) is 4.19. The normalized spacial score (nSPS) is 13.3. The molecule has 0 aromatic heterocycles. The fourth-order valence-corrected chi connectivity index (χ4v) is 3.52. The Balaban J connectivity index is 1.95. The summed E-state index contributed by atoms with van der Waals surface area (Å²) in [4.78, 5) is 13.1. The first-order valence-corrected chi connectivity index (χ1v) is 8.06. The second-order valence-corrected chi connectivity index (χ2v) is 6.43. The Labute approximate surface area is 117 Å². The third-order valence-electron chi connectivity index (χ3n) is 2.69. The van der Waals surface area contributed by atoms with Gasteiger partial charge in [0.2, 0.25) is 0 Å². The molecule has 0 saturated carbocycles. The number of carbonyl (C=O) groups is 1. The van der Waals surface area contributed by atoms with Crippen LogP contribution in [0.1, 0.15) is 30.1 Å². The van der Waals surface area contributed by atoms with Gasteiger partial charge in [-0.05, 0) is 30.4 Å². The van der Waals surface area contributed by atoms with Gasteiger partial charge >= 0.3 is 0 Å². The van der Waals surface area contributed by atoms with Crippen molar-refractivity contribution in [2.24, 2.45) is 0 Å². The molecule has 4 heteroatoms. The number of anilines is 1. The lowest BCUT2D eigenvalue weighted by Gasteiger charge is -2.03. The maximum atomic E-state index is 12.0. The largest absolute Gasteiger partial charge is 0.350 e. The molecule has 0 bridgehead atoms. The number of fused-ring (bicyclic) bond motifs is 1. The number of benzene rings is 1. The van der Waals surface area contributed by atoms with Crippen LogP contribution in [0.25, 0.3) is 0 Å². The van der Waals surface area contributed by atoms with Crippen LogP contribution in [0.3, 0.4) is 0 Å². The first-order valence-electron chi connectivity index (χ1n) is 6.09. The topological polar surface area (TPSA) is 29.1 Å². The lowest BCUT2D eigenvalue weighted by molar-refractivity contribution is 0.102. The summed E-state index contributed by atoms with van der Waals surface area (Å²) in [5.74, 6) is 1.87. The first-order chi connectivity index (χ1) is 8.70. The predicted molar refractivity (Wildman–Crippen MR) is 81.6 cm³/mol. The minimum atomic E-state index is 0.219. The maximum absolute atomic E-state index is 12.0. The monoisotopic (exact) mass is 279 g/mol. The molecule has 0 radical (unpaired) electrons. The number of Topliss-reactive ketones (excluding diaryl/α,β-unsaturated/α-hetero) is 1. The lowest BCUT2D eigenvalue weighted by atomic mass is 10.1. The van der Waals surface area contributed by atoms with Crippen LogP contribution in [0.4, 0.5) is 5.69 Å². The van der Waals surface area contributed by atoms with Gasteiger partial charge in [0.25, 0.3) is 0 Å². The highest BCUT2D eigenvalue weighted by Crippen LogP contribution is 2.40. The summed E-state index contributed by atoms with van der Waals surface area (Å²) in [6, 6.07) is 5.83. The van der Waals surface area contributed by atoms with Gasteiger partial charge in [0.05, 0.1) is 16.5 Å². The van der Waals surface area contributed by atoms with Gasteiger partial charge in [0.1, 0.15) is 0 Å². The molecule has 1 aromatic rings. The fraction of sp³-hybridized carbons (Fsp3) is 0.357. The van der Waals surface area contributed by atoms with E-state index in [2.05, 4.69) is 18.8 Å². The Hall–Kier alpha value is -0.870. The Morgan fingerprint density at radius 1 is 1.50 bits per heavy atom. The van der Waals surface area contributed by atoms with Crippen molar-refractivity contribution in [1.82, 2.24) is 0 Å². The quantitative estimate of drug-likeness (QED) is 0.617. The van der Waals surface area contributed by atoms with E-state index in [1.807, 2.05) is 18.2 Å². The summed E-state index contributed by atoms with van der Waals surface area (Å²) in [6.45, 7) is 6.04. The molecule has 1 aromatic carbocycles. The molecule has 0 unspecified atom stereocenters. The average molecular weight is 279 g/mol. The van der Waals surface area contributed by atoms with Gasteiger partial charge < -0.3 is 5.32 Å². The van der Waals surface area contributed by atoms with Gasteiger partial charge in [-0.25, -0.2) is 0 Å². The standard InChI is InChI=1S/C14H17NOS2/c1-3-4-7-17-9-13(16)11-5-6-12-14(8-11)18-10(2)15-12/h5-6,8,15H,2-4,7,9H2,1H3. The van der Waals surface area contributed by atoms with Crippen molar-refractivity contribution in [3.63, 3.8) is 0 Å². The van der Waals surface area contributed by atoms with Crippen LogP contribution >= 0.6 is 23.5 Å². The van der Waals surface area contributed by atoms with Gasteiger partial charge in [-0.2, -0.15) is 11.8 Å². The molecule has 0 fully saturated rings. The van der Waals surface area contributed by atoms with Crippen LogP contribution in [-0.2, 0) is 0 Å². The van der Waals surface area contributed by atoms with E-state index >= 15 is 0 Å². The fourth-order valence-electron chi connectivity index (χ4n) is 1.69. The molecule has 1 N–H and O–H groups in total. The van der Waals surface area contributed by atoms with E-state index in [1.54, 1.807) is 23.5 Å². The molecule has 0 aliphatic carbocycles. The van der Waals surface area contributed by atoms with E-state index in [0.717, 1.165) is 26.9 Å². The maximum Gasteiger partial charge on any atom is 0.172 e. The highest BCUT2D eigenvalue weighted by molar-refractivity contribution is 8.03. The van der Waals surface area contributed by atoms with Gasteiger partial charge in [0, 0.05) is 10.5 Å². The molecule has 0 spiro atoms. The number of nitrogens with one attached hydrogen (secondary N) is 1. The molecular formula is C14H17NOS2. The highest BCUT2D eigenvalue weighted by Gasteiger charge is 2.16. The van der Waals surface area contributed by atoms with E-state index in [4.69, 9.17) is 0 Å². The molecule has 18 heavy (non-hydrogen) atoms. The van der Waals surface area contributed by atoms with Gasteiger partial charge in [-0.3, -0.25) is 4.79 Å². The molecule has 0 amide bonds. The second kappa shape index (κ2) is 6.34. The molecule has 2 nitrogen and oxygen atoms in total. The zero-order valence-electron chi connectivity index (χ0n) is 10.5. The zero-order valence-corrected chi connectivity index (χ0v) is 12.1. The number of carbonyl (C=O) groups excluding carboxylic acids is 1. The Kier molecular flexibility index (Phi) is 4.78. The average Bonchev–Trinajstić information content (AvgIpc) is 2.73. The van der Waals surface area contributed by atoms with Crippen LogP contribution < -0.4 is 5.32 Å². The minimum absolute atomic E-state index is 0.219. The number of unbranched alkanes of at least 4 members (excludes halogenated alkanes) is 1. The Bertz CT molecular complexity index is 471. The summed E-state index contributed by atoms with van der Waals surface area (Å²) >= 11 is 3.32. The number of hydrogen-bond acceptors (Lipinski definition) is 4. The minimum Gasteiger partial charge on any atom is -0.350 e. The third-order valence-corrected chi connectivity index (χ3v) is 4.64. The Morgan fingerprint density at radius 3 is 3.11 bits per heavy atom. The van der Waals surface area contributed by atoms with Crippen molar-refractivity contribution >= 4 is 35.0 Å². The van der Waals surface area contributed by atoms with Gasteiger partial charge in [0.15, 0.2) is 5.78 Å². The number of ketones is 1. The SMILES string of the molecule is C=C1Nc2ccc(C(=O)CSCCCC)cc2S1. The number of rotatable bonds is 6. The molecule has 2 rings (SSSR count). The lowest BCUT2D eigenvalue weighted by Crippen LogP contribution is -2.03. The summed E-state index contributed by atoms with van der Waals surface area (Å²) in [5.41, 5.74) is 1.86. The molecule has 96 valence electrons. The van der Waals surface area contributed by atoms with E-state index in [-0.39, 0.29) is 5.78 Å². The van der Waals surface area contributed by atoms with Crippen LogP contribution in [0.15, 0.2) is 34.7 Å². The molecule has 1 aliphatic heterocycles. The zero-order chi connectivity index (χ0) is 13.0.